The number of hydrogen-bond acceptors (Lipinski definition) is 2. The highest BCUT2D eigenvalue weighted by molar-refractivity contribution is 4.91. The Morgan fingerprint density at radius 3 is 2.47 bits per heavy atom. The number of hydrogen-bond donors (Lipinski definition) is 2. The molecule has 2 unspecified atom stereocenters. The van der Waals surface area contributed by atoms with E-state index in [1.165, 1.54) is 12.8 Å². The fraction of sp³-hybridized carbons (Fsp3) is 1.00. The van der Waals surface area contributed by atoms with Crippen molar-refractivity contribution < 1.29 is 5.11 Å². The standard InChI is InChI=1S/C13H27NO/c1-12(2,3)8-9-13(10-14)7-5-4-6-11(13)15/h11,15H,4-10,14H2,1-3H3. The number of aliphatic hydroxyl groups excluding tert-OH is 1. The Morgan fingerprint density at radius 2 is 2.00 bits per heavy atom. The van der Waals surface area contributed by atoms with E-state index in [4.69, 9.17) is 5.73 Å². The van der Waals surface area contributed by atoms with Crippen LogP contribution in [-0.4, -0.2) is 17.8 Å². The van der Waals surface area contributed by atoms with Crippen LogP contribution in [0.25, 0.3) is 0 Å². The van der Waals surface area contributed by atoms with Crippen LogP contribution in [0.1, 0.15) is 59.3 Å². The van der Waals surface area contributed by atoms with Gasteiger partial charge >= 0.3 is 0 Å². The van der Waals surface area contributed by atoms with Gasteiger partial charge < -0.3 is 10.8 Å². The maximum atomic E-state index is 10.1. The summed E-state index contributed by atoms with van der Waals surface area (Å²) in [6.45, 7) is 7.41. The molecule has 1 aliphatic carbocycles. The van der Waals surface area contributed by atoms with E-state index in [2.05, 4.69) is 20.8 Å². The molecule has 2 nitrogen and oxygen atoms in total. The second kappa shape index (κ2) is 4.84. The molecule has 1 saturated carbocycles. The average molecular weight is 213 g/mol. The van der Waals surface area contributed by atoms with Crippen molar-refractivity contribution in [1.29, 1.82) is 0 Å². The quantitative estimate of drug-likeness (QED) is 0.757. The molecule has 0 saturated heterocycles. The fourth-order valence-corrected chi connectivity index (χ4v) is 2.54. The molecule has 3 N–H and O–H groups in total. The number of rotatable bonds is 3. The van der Waals surface area contributed by atoms with Crippen LogP contribution >= 0.6 is 0 Å². The van der Waals surface area contributed by atoms with Crippen molar-refractivity contribution in [2.75, 3.05) is 6.54 Å². The Labute approximate surface area is 94.2 Å². The minimum Gasteiger partial charge on any atom is -0.393 e. The molecule has 0 bridgehead atoms. The van der Waals surface area contributed by atoms with Crippen LogP contribution in [0.3, 0.4) is 0 Å². The first-order valence-electron chi connectivity index (χ1n) is 6.28. The molecule has 2 atom stereocenters. The van der Waals surface area contributed by atoms with Crippen molar-refractivity contribution >= 4 is 0 Å². The first-order valence-corrected chi connectivity index (χ1v) is 6.28. The van der Waals surface area contributed by atoms with Crippen molar-refractivity contribution in [3.63, 3.8) is 0 Å². The van der Waals surface area contributed by atoms with E-state index in [0.717, 1.165) is 25.7 Å². The van der Waals surface area contributed by atoms with Crippen LogP contribution in [0, 0.1) is 10.8 Å². The minimum absolute atomic E-state index is 0.0194. The van der Waals surface area contributed by atoms with Crippen molar-refractivity contribution in [3.8, 4) is 0 Å². The van der Waals surface area contributed by atoms with Gasteiger partial charge in [0.1, 0.15) is 0 Å². The van der Waals surface area contributed by atoms with Crippen molar-refractivity contribution in [3.05, 3.63) is 0 Å². The molecule has 1 rings (SSSR count). The molecule has 1 aliphatic rings. The molecule has 0 aliphatic heterocycles. The zero-order chi connectivity index (χ0) is 11.5. The van der Waals surface area contributed by atoms with E-state index in [-0.39, 0.29) is 11.5 Å². The highest BCUT2D eigenvalue weighted by Gasteiger charge is 2.38. The lowest BCUT2D eigenvalue weighted by molar-refractivity contribution is -0.0179. The summed E-state index contributed by atoms with van der Waals surface area (Å²) in [5.41, 5.74) is 6.26. The molecule has 0 amide bonds. The third-order valence-electron chi connectivity index (χ3n) is 3.89. The van der Waals surface area contributed by atoms with E-state index in [9.17, 15) is 5.11 Å². The summed E-state index contributed by atoms with van der Waals surface area (Å²) in [5.74, 6) is 0. The number of nitrogens with two attached hydrogens (primary N) is 1. The van der Waals surface area contributed by atoms with Gasteiger partial charge in [0.15, 0.2) is 0 Å². The van der Waals surface area contributed by atoms with Crippen LogP contribution in [0.4, 0.5) is 0 Å². The van der Waals surface area contributed by atoms with E-state index < -0.39 is 0 Å². The highest BCUT2D eigenvalue weighted by Crippen LogP contribution is 2.41. The second-order valence-electron chi connectivity index (χ2n) is 6.39. The Kier molecular flexibility index (Phi) is 4.19. The van der Waals surface area contributed by atoms with Gasteiger partial charge in [0, 0.05) is 12.0 Å². The molecule has 0 aromatic heterocycles. The van der Waals surface area contributed by atoms with Gasteiger partial charge in [0.2, 0.25) is 0 Å². The zero-order valence-electron chi connectivity index (χ0n) is 10.6. The molecule has 0 spiro atoms. The van der Waals surface area contributed by atoms with Gasteiger partial charge in [-0.15, -0.1) is 0 Å². The summed E-state index contributed by atoms with van der Waals surface area (Å²) in [4.78, 5) is 0. The van der Waals surface area contributed by atoms with Crippen LogP contribution in [0.2, 0.25) is 0 Å². The van der Waals surface area contributed by atoms with Crippen molar-refractivity contribution in [2.24, 2.45) is 16.6 Å². The van der Waals surface area contributed by atoms with Crippen molar-refractivity contribution in [1.82, 2.24) is 0 Å². The van der Waals surface area contributed by atoms with Gasteiger partial charge in [-0.05, 0) is 31.1 Å². The minimum atomic E-state index is -0.168. The van der Waals surface area contributed by atoms with E-state index in [1.54, 1.807) is 0 Å². The summed E-state index contributed by atoms with van der Waals surface area (Å²) in [7, 11) is 0. The third-order valence-corrected chi connectivity index (χ3v) is 3.89. The second-order valence-corrected chi connectivity index (χ2v) is 6.39. The first-order chi connectivity index (χ1) is 6.90. The summed E-state index contributed by atoms with van der Waals surface area (Å²) in [5, 5.41) is 10.1. The summed E-state index contributed by atoms with van der Waals surface area (Å²) in [6, 6.07) is 0. The maximum Gasteiger partial charge on any atom is 0.0608 e. The summed E-state index contributed by atoms with van der Waals surface area (Å²) < 4.78 is 0. The lowest BCUT2D eigenvalue weighted by atomic mass is 9.67. The van der Waals surface area contributed by atoms with E-state index in [0.29, 0.717) is 12.0 Å². The molecule has 0 heterocycles. The van der Waals surface area contributed by atoms with Crippen molar-refractivity contribution in [2.45, 2.75) is 65.4 Å². The van der Waals surface area contributed by atoms with E-state index >= 15 is 0 Å². The topological polar surface area (TPSA) is 46.2 Å². The monoisotopic (exact) mass is 213 g/mol. The smallest absolute Gasteiger partial charge is 0.0608 e. The SMILES string of the molecule is CC(C)(C)CCC1(CN)CCCCC1O. The number of aliphatic hydroxyl groups is 1. The van der Waals surface area contributed by atoms with Gasteiger partial charge in [0.25, 0.3) is 0 Å². The molecule has 2 heteroatoms. The molecule has 0 aromatic rings. The Balaban J connectivity index is 2.59. The summed E-state index contributed by atoms with van der Waals surface area (Å²) in [6.07, 6.45) is 6.52. The predicted octanol–water partition coefficient (Wildman–Crippen LogP) is 2.69. The average Bonchev–Trinajstić information content (AvgIpc) is 2.16. The molecule has 0 radical (unpaired) electrons. The van der Waals surface area contributed by atoms with Gasteiger partial charge in [-0.2, -0.15) is 0 Å². The third kappa shape index (κ3) is 3.46. The largest absolute Gasteiger partial charge is 0.393 e. The van der Waals surface area contributed by atoms with Crippen LogP contribution in [0.5, 0.6) is 0 Å². The Bertz CT molecular complexity index is 197. The normalized spacial score (nSPS) is 33.0. The highest BCUT2D eigenvalue weighted by atomic mass is 16.3. The van der Waals surface area contributed by atoms with E-state index in [1.807, 2.05) is 0 Å². The Morgan fingerprint density at radius 1 is 1.33 bits per heavy atom. The zero-order valence-corrected chi connectivity index (χ0v) is 10.6. The molecule has 15 heavy (non-hydrogen) atoms. The van der Waals surface area contributed by atoms with Crippen LogP contribution in [0.15, 0.2) is 0 Å². The van der Waals surface area contributed by atoms with Crippen LogP contribution in [-0.2, 0) is 0 Å². The molecular weight excluding hydrogens is 186 g/mol. The lowest BCUT2D eigenvalue weighted by Crippen LogP contribution is -2.44. The molecule has 0 aromatic carbocycles. The maximum absolute atomic E-state index is 10.1. The van der Waals surface area contributed by atoms with Gasteiger partial charge in [-0.1, -0.05) is 33.6 Å². The van der Waals surface area contributed by atoms with Gasteiger partial charge in [-0.25, -0.2) is 0 Å². The summed E-state index contributed by atoms with van der Waals surface area (Å²) >= 11 is 0. The Hall–Kier alpha value is -0.0800. The lowest BCUT2D eigenvalue weighted by Gasteiger charge is -2.42. The molecule has 90 valence electrons. The van der Waals surface area contributed by atoms with Crippen LogP contribution < -0.4 is 5.73 Å². The molecule has 1 fully saturated rings. The first kappa shape index (κ1) is 13.0. The molecular formula is C13H27NO. The predicted molar refractivity (Wildman–Crippen MR) is 64.7 cm³/mol. The van der Waals surface area contributed by atoms with Gasteiger partial charge in [-0.3, -0.25) is 0 Å². The van der Waals surface area contributed by atoms with Gasteiger partial charge in [0.05, 0.1) is 6.10 Å². The fourth-order valence-electron chi connectivity index (χ4n) is 2.54.